The Balaban J connectivity index is 1.95. The van der Waals surface area contributed by atoms with E-state index in [4.69, 9.17) is 19.3 Å². The van der Waals surface area contributed by atoms with Gasteiger partial charge in [-0.3, -0.25) is 4.79 Å². The Kier molecular flexibility index (Phi) is 6.14. The van der Waals surface area contributed by atoms with Gasteiger partial charge in [-0.2, -0.15) is 0 Å². The lowest BCUT2D eigenvalue weighted by Crippen LogP contribution is -2.61. The summed E-state index contributed by atoms with van der Waals surface area (Å²) in [5.41, 5.74) is 0.492. The molecule has 1 aliphatic rings. The van der Waals surface area contributed by atoms with Crippen molar-refractivity contribution in [2.24, 2.45) is 0 Å². The number of carbonyl (C=O) groups excluding carboxylic acids is 1. The lowest BCUT2D eigenvalue weighted by Gasteiger charge is -2.38. The van der Waals surface area contributed by atoms with Crippen molar-refractivity contribution in [2.75, 3.05) is 7.11 Å². The van der Waals surface area contributed by atoms with E-state index in [2.05, 4.69) is 0 Å². The Morgan fingerprint density at radius 1 is 0.966 bits per heavy atom. The number of carboxylic acids is 1. The van der Waals surface area contributed by atoms with E-state index in [0.29, 0.717) is 11.3 Å². The number of hydrogen-bond acceptors (Lipinski definition) is 8. The summed E-state index contributed by atoms with van der Waals surface area (Å²) in [6.45, 7) is 0. The summed E-state index contributed by atoms with van der Waals surface area (Å²) in [6, 6.07) is 12.7. The van der Waals surface area contributed by atoms with Crippen LogP contribution in [0.2, 0.25) is 0 Å². The minimum Gasteiger partial charge on any atom is -0.497 e. The number of rotatable bonds is 6. The van der Waals surface area contributed by atoms with E-state index in [1.54, 1.807) is 36.4 Å². The maximum Gasteiger partial charge on any atom is 0.335 e. The molecule has 0 bridgehead atoms. The van der Waals surface area contributed by atoms with Gasteiger partial charge in [0.2, 0.25) is 6.29 Å². The number of carboxylic acid groups (broad SMARTS) is 1. The van der Waals surface area contributed by atoms with Crippen LogP contribution in [0.4, 0.5) is 0 Å². The zero-order chi connectivity index (χ0) is 21.1. The molecule has 0 aromatic heterocycles. The average Bonchev–Trinajstić information content (AvgIpc) is 2.73. The molecule has 3 rings (SSSR count). The van der Waals surface area contributed by atoms with Crippen LogP contribution in [0.25, 0.3) is 0 Å². The number of aliphatic carboxylic acids is 1. The van der Waals surface area contributed by atoms with Crippen molar-refractivity contribution < 1.29 is 44.2 Å². The molecule has 1 saturated heterocycles. The third-order valence-corrected chi connectivity index (χ3v) is 4.53. The molecular formula is C20H20O9. The van der Waals surface area contributed by atoms with Crippen LogP contribution in [-0.4, -0.2) is 70.0 Å². The first-order chi connectivity index (χ1) is 13.8. The van der Waals surface area contributed by atoms with Gasteiger partial charge in [-0.25, -0.2) is 4.79 Å². The van der Waals surface area contributed by atoms with Gasteiger partial charge in [-0.1, -0.05) is 30.3 Å². The first-order valence-corrected chi connectivity index (χ1v) is 8.70. The van der Waals surface area contributed by atoms with Gasteiger partial charge in [0.15, 0.2) is 11.9 Å². The number of aliphatic hydroxyl groups excluding tert-OH is 3. The second kappa shape index (κ2) is 8.58. The summed E-state index contributed by atoms with van der Waals surface area (Å²) in [5.74, 6) is -1.63. The minimum absolute atomic E-state index is 0.0463. The first kappa shape index (κ1) is 20.7. The Hall–Kier alpha value is -2.98. The highest BCUT2D eigenvalue weighted by atomic mass is 16.7. The largest absolute Gasteiger partial charge is 0.497 e. The molecule has 1 heterocycles. The minimum atomic E-state index is -1.85. The van der Waals surface area contributed by atoms with Crippen LogP contribution >= 0.6 is 0 Å². The summed E-state index contributed by atoms with van der Waals surface area (Å²) in [5, 5.41) is 39.1. The van der Waals surface area contributed by atoms with Gasteiger partial charge in [0.1, 0.15) is 29.8 Å². The molecule has 1 aliphatic heterocycles. The number of ether oxygens (including phenoxy) is 3. The molecular weight excluding hydrogens is 390 g/mol. The lowest BCUT2D eigenvalue weighted by molar-refractivity contribution is -0.271. The standard InChI is InChI=1S/C20H20O9/c1-27-11-7-8-12(14(21)10-5-3-2-4-6-10)13(9-11)28-20-17(24)15(22)16(23)18(29-20)19(25)26/h2-9,15-18,20,22-24H,1H3,(H,25,26)/t15-,16-,17+,18-,20+/m0/s1/i7+1,8+1,9+1,11+1,12+1,13+1. The fourth-order valence-electron chi connectivity index (χ4n) is 2.93. The highest BCUT2D eigenvalue weighted by molar-refractivity contribution is 6.10. The molecule has 0 unspecified atom stereocenters. The molecule has 1 fully saturated rings. The topological polar surface area (TPSA) is 143 Å². The zero-order valence-electron chi connectivity index (χ0n) is 15.3. The smallest absolute Gasteiger partial charge is 0.335 e. The number of benzene rings is 2. The van der Waals surface area contributed by atoms with Gasteiger partial charge >= 0.3 is 5.97 Å². The number of hydrogen-bond donors (Lipinski definition) is 4. The van der Waals surface area contributed by atoms with Gasteiger partial charge in [0.25, 0.3) is 0 Å². The summed E-state index contributed by atoms with van der Waals surface area (Å²) in [4.78, 5) is 24.1. The van der Waals surface area contributed by atoms with Crippen molar-refractivity contribution in [1.29, 1.82) is 0 Å². The second-order valence-corrected chi connectivity index (χ2v) is 6.41. The van der Waals surface area contributed by atoms with E-state index < -0.39 is 36.7 Å². The van der Waals surface area contributed by atoms with Gasteiger partial charge in [0.05, 0.1) is 12.7 Å². The zero-order valence-corrected chi connectivity index (χ0v) is 15.3. The Morgan fingerprint density at radius 3 is 2.28 bits per heavy atom. The molecule has 154 valence electrons. The van der Waals surface area contributed by atoms with E-state index in [1.807, 2.05) is 0 Å². The number of methoxy groups -OCH3 is 1. The summed E-state index contributed by atoms with van der Waals surface area (Å²) < 4.78 is 15.8. The van der Waals surface area contributed by atoms with Crippen LogP contribution in [0.15, 0.2) is 48.5 Å². The van der Waals surface area contributed by atoms with Crippen molar-refractivity contribution in [2.45, 2.75) is 30.7 Å². The Bertz CT molecular complexity index is 883. The van der Waals surface area contributed by atoms with E-state index >= 15 is 0 Å². The monoisotopic (exact) mass is 410 g/mol. The van der Waals surface area contributed by atoms with E-state index in [-0.39, 0.29) is 17.1 Å². The first-order valence-electron chi connectivity index (χ1n) is 8.70. The summed E-state index contributed by atoms with van der Waals surface area (Å²) >= 11 is 0. The molecule has 0 radical (unpaired) electrons. The average molecular weight is 410 g/mol. The molecule has 0 aliphatic carbocycles. The van der Waals surface area contributed by atoms with E-state index in [1.165, 1.54) is 19.2 Å². The predicted molar refractivity (Wildman–Crippen MR) is 97.8 cm³/mol. The van der Waals surface area contributed by atoms with Crippen molar-refractivity contribution in [3.8, 4) is 11.5 Å². The quantitative estimate of drug-likeness (QED) is 0.491. The molecule has 5 atom stereocenters. The predicted octanol–water partition coefficient (Wildman–Crippen LogP) is 0.197. The summed E-state index contributed by atoms with van der Waals surface area (Å²) in [6.07, 6.45) is -8.90. The van der Waals surface area contributed by atoms with Gasteiger partial charge in [-0.05, 0) is 12.1 Å². The maximum absolute atomic E-state index is 12.9. The normalized spacial score (nSPS) is 26.6. The molecule has 2 aromatic carbocycles. The van der Waals surface area contributed by atoms with Crippen molar-refractivity contribution >= 4 is 11.8 Å². The molecule has 4 N–H and O–H groups in total. The molecule has 9 nitrogen and oxygen atoms in total. The third-order valence-electron chi connectivity index (χ3n) is 4.53. The Labute approximate surface area is 165 Å². The van der Waals surface area contributed by atoms with Crippen LogP contribution in [0, 0.1) is 0 Å². The van der Waals surface area contributed by atoms with Crippen molar-refractivity contribution in [1.82, 2.24) is 0 Å². The maximum atomic E-state index is 12.9. The van der Waals surface area contributed by atoms with Crippen LogP contribution in [-0.2, 0) is 9.53 Å². The van der Waals surface area contributed by atoms with Gasteiger partial charge in [0, 0.05) is 11.6 Å². The molecule has 0 spiro atoms. The fraction of sp³-hybridized carbons (Fsp3) is 0.300. The van der Waals surface area contributed by atoms with Crippen molar-refractivity contribution in [3.63, 3.8) is 0 Å². The SMILES string of the molecule is CO[13c]1[13cH][13cH][13c](C(=O)c2ccccc2)[13c](O[C@@H]2O[C@H](C(=O)O)[C@@H](O)[C@H](O)[C@H]2O)[13cH]1. The van der Waals surface area contributed by atoms with Gasteiger partial charge in [-0.15, -0.1) is 0 Å². The van der Waals surface area contributed by atoms with E-state index in [0.717, 1.165) is 0 Å². The van der Waals surface area contributed by atoms with Gasteiger partial charge < -0.3 is 34.6 Å². The molecule has 0 saturated carbocycles. The fourth-order valence-corrected chi connectivity index (χ4v) is 2.93. The molecule has 9 heteroatoms. The molecule has 2 aromatic rings. The highest BCUT2D eigenvalue weighted by Gasteiger charge is 2.48. The summed E-state index contributed by atoms with van der Waals surface area (Å²) in [7, 11) is 1.41. The number of ketones is 1. The van der Waals surface area contributed by atoms with E-state index in [9.17, 15) is 24.9 Å². The van der Waals surface area contributed by atoms with Crippen molar-refractivity contribution in [3.05, 3.63) is 59.7 Å². The second-order valence-electron chi connectivity index (χ2n) is 6.41. The lowest BCUT2D eigenvalue weighted by atomic mass is 9.99. The Morgan fingerprint density at radius 2 is 1.66 bits per heavy atom. The van der Waals surface area contributed by atoms with Crippen LogP contribution < -0.4 is 9.47 Å². The highest BCUT2D eigenvalue weighted by Crippen LogP contribution is 2.31. The number of aliphatic hydroxyl groups is 3. The number of carbonyl (C=O) groups is 2. The van der Waals surface area contributed by atoms with Crippen LogP contribution in [0.3, 0.4) is 0 Å². The van der Waals surface area contributed by atoms with Crippen LogP contribution in [0.1, 0.15) is 15.9 Å². The molecule has 29 heavy (non-hydrogen) atoms. The van der Waals surface area contributed by atoms with Crippen LogP contribution in [0.5, 0.6) is 11.5 Å². The third kappa shape index (κ3) is 4.22. The molecule has 0 amide bonds.